The molecule has 2 unspecified atom stereocenters. The van der Waals surface area contributed by atoms with Crippen LogP contribution in [0.3, 0.4) is 0 Å². The molecule has 0 saturated heterocycles. The number of nitrogens with zero attached hydrogens (tertiary/aromatic N) is 2. The van der Waals surface area contributed by atoms with E-state index in [1.165, 1.54) is 24.3 Å². The number of hydrogen-bond acceptors (Lipinski definition) is 8. The molecular weight excluding hydrogens is 490 g/mol. The minimum atomic E-state index is -3.51. The summed E-state index contributed by atoms with van der Waals surface area (Å²) in [4.78, 5) is 24.4. The number of aliphatic hydroxyl groups excluding tert-OH is 1. The van der Waals surface area contributed by atoms with Gasteiger partial charge in [0.25, 0.3) is 0 Å². The van der Waals surface area contributed by atoms with Crippen LogP contribution >= 0.6 is 0 Å². The average molecular weight is 510 g/mol. The Balaban J connectivity index is 2.12. The number of aliphatic hydroxyl groups is 2. The summed E-state index contributed by atoms with van der Waals surface area (Å²) in [7, 11) is -3.51. The number of carbonyl (C=O) groups is 1. The maximum atomic E-state index is 13.7. The molecule has 0 radical (unpaired) electrons. The fourth-order valence-corrected chi connectivity index (χ4v) is 3.56. The fourth-order valence-electron chi connectivity index (χ4n) is 2.93. The number of aromatic nitrogens is 2. The maximum Gasteiger partial charge on any atom is 0.338 e. The van der Waals surface area contributed by atoms with E-state index in [2.05, 4.69) is 5.10 Å². The first-order valence-electron chi connectivity index (χ1n) is 9.88. The zero-order chi connectivity index (χ0) is 26.1. The highest BCUT2D eigenvalue weighted by molar-refractivity contribution is 7.90. The summed E-state index contributed by atoms with van der Waals surface area (Å²) in [5.74, 6) is -4.61. The fraction of sp³-hybridized carbons (Fsp3) is 0.227. The molecule has 3 aromatic rings. The van der Waals surface area contributed by atoms with E-state index in [1.54, 1.807) is 0 Å². The number of aliphatic carboxylic acids is 1. The zero-order valence-corrected chi connectivity index (χ0v) is 19.2. The van der Waals surface area contributed by atoms with Gasteiger partial charge in [-0.1, -0.05) is 12.1 Å². The Morgan fingerprint density at radius 2 is 1.80 bits per heavy atom. The lowest BCUT2D eigenvalue weighted by atomic mass is 10.0. The molecule has 10 nitrogen and oxygen atoms in total. The van der Waals surface area contributed by atoms with E-state index in [9.17, 15) is 37.0 Å². The van der Waals surface area contributed by atoms with Gasteiger partial charge in [-0.3, -0.25) is 4.79 Å². The molecule has 3 N–H and O–H groups in total. The number of hydrogen-bond donors (Lipinski definition) is 3. The monoisotopic (exact) mass is 510 g/mol. The van der Waals surface area contributed by atoms with Crippen LogP contribution < -0.4 is 10.3 Å². The first kappa shape index (κ1) is 25.9. The summed E-state index contributed by atoms with van der Waals surface area (Å²) in [6.07, 6.45) is 0.177. The lowest BCUT2D eigenvalue weighted by Crippen LogP contribution is -2.49. The van der Waals surface area contributed by atoms with Crippen LogP contribution in [0.4, 0.5) is 8.78 Å². The summed E-state index contributed by atoms with van der Waals surface area (Å²) < 4.78 is 56.6. The molecule has 35 heavy (non-hydrogen) atoms. The van der Waals surface area contributed by atoms with Crippen molar-refractivity contribution in [3.63, 3.8) is 0 Å². The normalized spacial score (nSPS) is 14.2. The van der Waals surface area contributed by atoms with Crippen molar-refractivity contribution in [1.82, 2.24) is 9.78 Å². The lowest BCUT2D eigenvalue weighted by molar-refractivity contribution is -0.170. The second-order valence-electron chi connectivity index (χ2n) is 7.78. The predicted molar refractivity (Wildman–Crippen MR) is 118 cm³/mol. The van der Waals surface area contributed by atoms with Gasteiger partial charge in [-0.05, 0) is 36.8 Å². The molecule has 0 saturated carbocycles. The molecule has 0 aliphatic rings. The largest absolute Gasteiger partial charge is 0.484 e. The van der Waals surface area contributed by atoms with Crippen LogP contribution in [0.2, 0.25) is 0 Å². The minimum absolute atomic E-state index is 0.000246. The van der Waals surface area contributed by atoms with Crippen molar-refractivity contribution in [2.45, 2.75) is 23.5 Å². The topological polar surface area (TPSA) is 156 Å². The quantitative estimate of drug-likeness (QED) is 0.405. The number of halogens is 2. The highest BCUT2D eigenvalue weighted by Gasteiger charge is 2.39. The zero-order valence-electron chi connectivity index (χ0n) is 18.3. The van der Waals surface area contributed by atoms with Crippen molar-refractivity contribution < 1.29 is 42.0 Å². The number of carboxylic acid groups (broad SMARTS) is 1. The summed E-state index contributed by atoms with van der Waals surface area (Å²) in [6, 6.07) is 7.87. The molecule has 0 fully saturated rings. The summed E-state index contributed by atoms with van der Waals surface area (Å²) in [6.45, 7) is -0.00886. The molecule has 0 aliphatic carbocycles. The van der Waals surface area contributed by atoms with E-state index in [0.29, 0.717) is 4.68 Å². The highest BCUT2D eigenvalue weighted by Crippen LogP contribution is 2.28. The van der Waals surface area contributed by atoms with Gasteiger partial charge in [-0.2, -0.15) is 9.78 Å². The molecule has 186 valence electrons. The lowest BCUT2D eigenvalue weighted by Gasteiger charge is -2.24. The standard InChI is InChI=1S/C22H20F2N2O8S/c1-22(31,21(29)30)18(27)11-34-19-15(12-3-6-14(7-4-12)35(2,32)33)10-25-26(20(19)28)13-5-8-16(23)17(24)9-13/h3-10,18,27,31H,11H2,1-2H3,(H,29,30). The molecule has 1 heterocycles. The smallest absolute Gasteiger partial charge is 0.338 e. The van der Waals surface area contributed by atoms with Crippen molar-refractivity contribution in [3.8, 4) is 22.6 Å². The summed E-state index contributed by atoms with van der Waals surface area (Å²) in [5, 5.41) is 33.0. The predicted octanol–water partition coefficient (Wildman–Crippen LogP) is 1.16. The van der Waals surface area contributed by atoms with Crippen LogP contribution in [0.5, 0.6) is 5.75 Å². The third kappa shape index (κ3) is 5.37. The van der Waals surface area contributed by atoms with Crippen LogP contribution in [-0.4, -0.2) is 64.1 Å². The van der Waals surface area contributed by atoms with E-state index in [0.717, 1.165) is 37.6 Å². The van der Waals surface area contributed by atoms with Gasteiger partial charge in [0.1, 0.15) is 12.7 Å². The van der Waals surface area contributed by atoms with E-state index < -0.39 is 57.1 Å². The average Bonchev–Trinajstić information content (AvgIpc) is 2.79. The molecule has 0 bridgehead atoms. The van der Waals surface area contributed by atoms with E-state index in [1.807, 2.05) is 0 Å². The first-order valence-corrected chi connectivity index (χ1v) is 11.8. The molecule has 13 heteroatoms. The molecule has 3 rings (SSSR count). The number of ether oxygens (including phenoxy) is 1. The van der Waals surface area contributed by atoms with E-state index in [4.69, 9.17) is 9.84 Å². The van der Waals surface area contributed by atoms with E-state index >= 15 is 0 Å². The van der Waals surface area contributed by atoms with E-state index in [-0.39, 0.29) is 21.7 Å². The Morgan fingerprint density at radius 3 is 2.34 bits per heavy atom. The second kappa shape index (κ2) is 9.52. The van der Waals surface area contributed by atoms with Gasteiger partial charge in [0.2, 0.25) is 0 Å². The van der Waals surface area contributed by atoms with Gasteiger partial charge in [0.05, 0.1) is 16.8 Å². The molecule has 2 aromatic carbocycles. The molecule has 2 atom stereocenters. The van der Waals surface area contributed by atoms with Crippen LogP contribution in [0.1, 0.15) is 6.92 Å². The van der Waals surface area contributed by atoms with Gasteiger partial charge < -0.3 is 20.1 Å². The van der Waals surface area contributed by atoms with Crippen molar-refractivity contribution in [1.29, 1.82) is 0 Å². The highest BCUT2D eigenvalue weighted by atomic mass is 32.2. The van der Waals surface area contributed by atoms with Gasteiger partial charge in [0, 0.05) is 17.9 Å². The number of carboxylic acids is 1. The second-order valence-corrected chi connectivity index (χ2v) is 9.79. The van der Waals surface area contributed by atoms with Gasteiger partial charge in [-0.15, -0.1) is 0 Å². The minimum Gasteiger partial charge on any atom is -0.484 e. The molecule has 0 spiro atoms. The third-order valence-corrected chi connectivity index (χ3v) is 6.27. The molecular formula is C22H20F2N2O8S. The summed E-state index contributed by atoms with van der Waals surface area (Å²) in [5.41, 5.74) is -3.45. The molecule has 0 amide bonds. The third-order valence-electron chi connectivity index (χ3n) is 5.14. The SMILES string of the molecule is CC(O)(C(=O)O)C(O)COc1c(-c2ccc(S(C)(=O)=O)cc2)cnn(-c2ccc(F)c(F)c2)c1=O. The van der Waals surface area contributed by atoms with Crippen LogP contribution in [0, 0.1) is 11.6 Å². The Labute approximate surface area is 197 Å². The van der Waals surface area contributed by atoms with Crippen molar-refractivity contribution in [2.75, 3.05) is 12.9 Å². The van der Waals surface area contributed by atoms with Crippen molar-refractivity contribution >= 4 is 15.8 Å². The first-order chi connectivity index (χ1) is 16.2. The molecule has 1 aromatic heterocycles. The van der Waals surface area contributed by atoms with Gasteiger partial charge in [-0.25, -0.2) is 22.0 Å². The maximum absolute atomic E-state index is 13.7. The Morgan fingerprint density at radius 1 is 1.17 bits per heavy atom. The van der Waals surface area contributed by atoms with Crippen molar-refractivity contribution in [2.24, 2.45) is 0 Å². The number of sulfone groups is 1. The van der Waals surface area contributed by atoms with Crippen LogP contribution in [-0.2, 0) is 14.6 Å². The Kier molecular flexibility index (Phi) is 7.06. The molecule has 0 aliphatic heterocycles. The van der Waals surface area contributed by atoms with Crippen molar-refractivity contribution in [3.05, 3.63) is 70.6 Å². The Bertz CT molecular complexity index is 1440. The van der Waals surface area contributed by atoms with Crippen LogP contribution in [0.15, 0.2) is 58.4 Å². The summed E-state index contributed by atoms with van der Waals surface area (Å²) >= 11 is 0. The van der Waals surface area contributed by atoms with Crippen LogP contribution in [0.25, 0.3) is 16.8 Å². The Hall–Kier alpha value is -3.68. The van der Waals surface area contributed by atoms with Gasteiger partial charge >= 0.3 is 11.5 Å². The van der Waals surface area contributed by atoms with Gasteiger partial charge in [0.15, 0.2) is 32.8 Å². The number of benzene rings is 2. The number of rotatable bonds is 8.